The van der Waals surface area contributed by atoms with Gasteiger partial charge in [0.1, 0.15) is 13.2 Å². The molecule has 0 aromatic carbocycles. The van der Waals surface area contributed by atoms with Gasteiger partial charge in [-0.3, -0.25) is 14.4 Å². The molecule has 0 radical (unpaired) electrons. The summed E-state index contributed by atoms with van der Waals surface area (Å²) in [5, 5.41) is 0. The smallest absolute Gasteiger partial charge is 0.306 e. The predicted octanol–water partition coefficient (Wildman–Crippen LogP) is 18.0. The molecule has 0 amide bonds. The van der Waals surface area contributed by atoms with Crippen molar-refractivity contribution in [3.63, 3.8) is 0 Å². The molecule has 0 N–H and O–H groups in total. The van der Waals surface area contributed by atoms with E-state index in [4.69, 9.17) is 14.2 Å². The van der Waals surface area contributed by atoms with Crippen molar-refractivity contribution in [2.45, 2.75) is 258 Å². The zero-order chi connectivity index (χ0) is 47.2. The van der Waals surface area contributed by atoms with Gasteiger partial charge in [-0.05, 0) is 77.0 Å². The maximum absolute atomic E-state index is 12.8. The van der Waals surface area contributed by atoms with E-state index in [2.05, 4.69) is 99.8 Å². The van der Waals surface area contributed by atoms with Crippen molar-refractivity contribution in [1.82, 2.24) is 0 Å². The van der Waals surface area contributed by atoms with Crippen molar-refractivity contribution in [3.8, 4) is 0 Å². The van der Waals surface area contributed by atoms with Crippen LogP contribution in [-0.4, -0.2) is 37.2 Å². The second-order valence-electron chi connectivity index (χ2n) is 17.8. The number of hydrogen-bond donors (Lipinski definition) is 0. The van der Waals surface area contributed by atoms with Crippen molar-refractivity contribution in [2.24, 2.45) is 0 Å². The first kappa shape index (κ1) is 61.6. The Hall–Kier alpha value is -3.41. The Balaban J connectivity index is 4.46. The minimum atomic E-state index is -0.808. The molecule has 0 aromatic rings. The molecule has 0 fully saturated rings. The molecule has 0 heterocycles. The van der Waals surface area contributed by atoms with Crippen LogP contribution in [0.2, 0.25) is 0 Å². The fourth-order valence-electron chi connectivity index (χ4n) is 7.33. The highest BCUT2D eigenvalue weighted by atomic mass is 16.6. The molecule has 0 spiro atoms. The largest absolute Gasteiger partial charge is 0.462 e. The molecule has 0 bridgehead atoms. The van der Waals surface area contributed by atoms with Gasteiger partial charge in [-0.25, -0.2) is 0 Å². The van der Waals surface area contributed by atoms with Crippen molar-refractivity contribution in [2.75, 3.05) is 13.2 Å². The zero-order valence-electron chi connectivity index (χ0n) is 42.5. The van der Waals surface area contributed by atoms with Gasteiger partial charge in [0.05, 0.1) is 0 Å². The molecule has 1 atom stereocenters. The fraction of sp³-hybridized carbons (Fsp3) is 0.712. The molecule has 65 heavy (non-hydrogen) atoms. The lowest BCUT2D eigenvalue weighted by Gasteiger charge is -2.18. The lowest BCUT2D eigenvalue weighted by atomic mass is 10.0. The fourth-order valence-corrected chi connectivity index (χ4v) is 7.33. The number of hydrogen-bond acceptors (Lipinski definition) is 6. The summed E-state index contributed by atoms with van der Waals surface area (Å²) in [6, 6.07) is 0. The molecule has 372 valence electrons. The molecule has 6 heteroatoms. The monoisotopic (exact) mass is 905 g/mol. The van der Waals surface area contributed by atoms with E-state index in [-0.39, 0.29) is 37.5 Å². The van der Waals surface area contributed by atoms with Gasteiger partial charge in [0, 0.05) is 19.3 Å². The van der Waals surface area contributed by atoms with Crippen LogP contribution in [0.25, 0.3) is 0 Å². The van der Waals surface area contributed by atoms with Crippen LogP contribution in [-0.2, 0) is 28.6 Å². The van der Waals surface area contributed by atoms with Gasteiger partial charge >= 0.3 is 17.9 Å². The molecule has 6 nitrogen and oxygen atoms in total. The molecule has 0 saturated carbocycles. The van der Waals surface area contributed by atoms with Crippen LogP contribution in [0.5, 0.6) is 0 Å². The average Bonchev–Trinajstić information content (AvgIpc) is 3.30. The molecule has 0 aliphatic carbocycles. The topological polar surface area (TPSA) is 78.9 Å². The van der Waals surface area contributed by atoms with E-state index in [9.17, 15) is 14.4 Å². The average molecular weight is 905 g/mol. The normalized spacial score (nSPS) is 12.7. The van der Waals surface area contributed by atoms with Crippen LogP contribution < -0.4 is 0 Å². The second kappa shape index (κ2) is 53.2. The maximum Gasteiger partial charge on any atom is 0.306 e. The lowest BCUT2D eigenvalue weighted by Crippen LogP contribution is -2.30. The van der Waals surface area contributed by atoms with Gasteiger partial charge in [-0.15, -0.1) is 0 Å². The highest BCUT2D eigenvalue weighted by Crippen LogP contribution is 2.15. The van der Waals surface area contributed by atoms with Crippen molar-refractivity contribution >= 4 is 17.9 Å². The molecule has 0 aromatic heterocycles. The van der Waals surface area contributed by atoms with Crippen LogP contribution in [0.3, 0.4) is 0 Å². The number of rotatable bonds is 48. The SMILES string of the molecule is CC/C=C\C/C=C\C/C=C\C/C=C\C/C=C\C/C=C\CCC(=O)OCC(COC(=O)CCCCCCC/C=C\CCCC)OC(=O)CCCCCCCCCCCCCCCCCCC. The molecule has 0 rings (SSSR count). The Kier molecular flexibility index (Phi) is 50.4. The van der Waals surface area contributed by atoms with E-state index in [0.29, 0.717) is 19.3 Å². The summed E-state index contributed by atoms with van der Waals surface area (Å²) in [5.74, 6) is -0.996. The maximum atomic E-state index is 12.8. The Morgan fingerprint density at radius 3 is 1.08 bits per heavy atom. The summed E-state index contributed by atoms with van der Waals surface area (Å²) in [5.41, 5.74) is 0. The predicted molar refractivity (Wildman–Crippen MR) is 279 cm³/mol. The van der Waals surface area contributed by atoms with E-state index in [1.807, 2.05) is 6.08 Å². The summed E-state index contributed by atoms with van der Waals surface area (Å²) in [6.45, 7) is 6.42. The molecular formula is C59H100O6. The van der Waals surface area contributed by atoms with Crippen LogP contribution in [0.4, 0.5) is 0 Å². The highest BCUT2D eigenvalue weighted by Gasteiger charge is 2.19. The zero-order valence-corrected chi connectivity index (χ0v) is 42.5. The number of allylic oxidation sites excluding steroid dienone is 14. The van der Waals surface area contributed by atoms with Gasteiger partial charge in [-0.1, -0.05) is 241 Å². The first-order chi connectivity index (χ1) is 32.0. The molecule has 0 saturated heterocycles. The van der Waals surface area contributed by atoms with Crippen molar-refractivity contribution < 1.29 is 28.6 Å². The lowest BCUT2D eigenvalue weighted by molar-refractivity contribution is -0.166. The molecular weight excluding hydrogens is 805 g/mol. The summed E-state index contributed by atoms with van der Waals surface area (Å²) < 4.78 is 16.7. The van der Waals surface area contributed by atoms with Crippen LogP contribution in [0, 0.1) is 0 Å². The van der Waals surface area contributed by atoms with Gasteiger partial charge < -0.3 is 14.2 Å². The minimum Gasteiger partial charge on any atom is -0.462 e. The summed E-state index contributed by atoms with van der Waals surface area (Å²) in [6.07, 6.45) is 68.7. The number of ether oxygens (including phenoxy) is 3. The third-order valence-electron chi connectivity index (χ3n) is 11.4. The number of carbonyl (C=O) groups excluding carboxylic acids is 3. The van der Waals surface area contributed by atoms with Crippen LogP contribution >= 0.6 is 0 Å². The number of esters is 3. The standard InChI is InChI=1S/C59H100O6/c1-4-7-10-13-16-19-22-24-26-28-29-31-32-34-37-40-43-46-49-52-58(61)64-55-56(54-63-57(60)51-48-45-42-39-36-21-18-15-12-9-6-3)65-59(62)53-50-47-44-41-38-35-33-30-27-25-23-20-17-14-11-8-5-2/h7,10,15-16,18-19,24,26,29,31,34,37,43,46,56H,4-6,8-9,11-14,17,20-23,25,27-28,30,32-33,35-36,38-42,44-45,47-55H2,1-3H3/b10-7-,18-15-,19-16-,26-24-,31-29-,37-34-,46-43-. The quantitative estimate of drug-likeness (QED) is 0.0262. The minimum absolute atomic E-state index is 0.103. The molecule has 0 aliphatic heterocycles. The number of carbonyl (C=O) groups is 3. The molecule has 0 aliphatic rings. The van der Waals surface area contributed by atoms with E-state index in [1.54, 1.807) is 0 Å². The van der Waals surface area contributed by atoms with E-state index >= 15 is 0 Å². The van der Waals surface area contributed by atoms with Gasteiger partial charge in [0.2, 0.25) is 0 Å². The Morgan fingerprint density at radius 1 is 0.323 bits per heavy atom. The second-order valence-corrected chi connectivity index (χ2v) is 17.8. The Labute approximate surface area is 401 Å². The van der Waals surface area contributed by atoms with Crippen molar-refractivity contribution in [3.05, 3.63) is 85.1 Å². The van der Waals surface area contributed by atoms with E-state index in [1.165, 1.54) is 116 Å². The third kappa shape index (κ3) is 51.4. The summed E-state index contributed by atoms with van der Waals surface area (Å²) >= 11 is 0. The first-order valence-corrected chi connectivity index (χ1v) is 27.1. The van der Waals surface area contributed by atoms with Gasteiger partial charge in [0.25, 0.3) is 0 Å². The van der Waals surface area contributed by atoms with E-state index in [0.717, 1.165) is 89.9 Å². The third-order valence-corrected chi connectivity index (χ3v) is 11.4. The summed E-state index contributed by atoms with van der Waals surface area (Å²) in [4.78, 5) is 38.0. The Bertz CT molecular complexity index is 1270. The van der Waals surface area contributed by atoms with Gasteiger partial charge in [0.15, 0.2) is 6.10 Å². The summed E-state index contributed by atoms with van der Waals surface area (Å²) in [7, 11) is 0. The van der Waals surface area contributed by atoms with Crippen molar-refractivity contribution in [1.29, 1.82) is 0 Å². The van der Waals surface area contributed by atoms with E-state index < -0.39 is 6.10 Å². The first-order valence-electron chi connectivity index (χ1n) is 27.1. The van der Waals surface area contributed by atoms with Crippen LogP contribution in [0.1, 0.15) is 252 Å². The number of unbranched alkanes of at least 4 members (excludes halogenated alkanes) is 23. The molecule has 1 unspecified atom stereocenters. The Morgan fingerprint density at radius 2 is 0.646 bits per heavy atom. The van der Waals surface area contributed by atoms with Gasteiger partial charge in [-0.2, -0.15) is 0 Å². The highest BCUT2D eigenvalue weighted by molar-refractivity contribution is 5.71. The van der Waals surface area contributed by atoms with Crippen LogP contribution in [0.15, 0.2) is 85.1 Å².